The van der Waals surface area contributed by atoms with Crippen LogP contribution >= 0.6 is 0 Å². The first kappa shape index (κ1) is 24.7. The minimum absolute atomic E-state index is 0.0315. The van der Waals surface area contributed by atoms with Crippen molar-refractivity contribution in [1.29, 1.82) is 5.26 Å². The summed E-state index contributed by atoms with van der Waals surface area (Å²) < 4.78 is 22.6. The Morgan fingerprint density at radius 2 is 1.97 bits per heavy atom. The van der Waals surface area contributed by atoms with Crippen LogP contribution in [0.5, 0.6) is 5.75 Å². The molecule has 1 saturated heterocycles. The topological polar surface area (TPSA) is 78.8 Å². The van der Waals surface area contributed by atoms with E-state index in [1.165, 1.54) is 16.8 Å². The van der Waals surface area contributed by atoms with Crippen molar-refractivity contribution in [3.8, 4) is 11.8 Å². The van der Waals surface area contributed by atoms with Crippen LogP contribution in [0.4, 0.5) is 10.1 Å². The Morgan fingerprint density at radius 1 is 1.23 bits per heavy atom. The van der Waals surface area contributed by atoms with Crippen LogP contribution in [-0.4, -0.2) is 51.4 Å². The van der Waals surface area contributed by atoms with E-state index in [1.54, 1.807) is 30.9 Å². The maximum atomic E-state index is 13.8. The van der Waals surface area contributed by atoms with Gasteiger partial charge in [0.15, 0.2) is 5.65 Å². The highest BCUT2D eigenvalue weighted by atomic mass is 19.1. The normalized spacial score (nSPS) is 19.6. The monoisotopic (exact) mass is 480 g/mol. The molecule has 0 N–H and O–H groups in total. The molecule has 0 bridgehead atoms. The van der Waals surface area contributed by atoms with Crippen molar-refractivity contribution < 1.29 is 9.13 Å². The van der Waals surface area contributed by atoms with Crippen LogP contribution in [0.25, 0.3) is 5.65 Å². The van der Waals surface area contributed by atoms with Gasteiger partial charge in [0, 0.05) is 56.0 Å². The molecule has 8 nitrogen and oxygen atoms in total. The molecule has 0 saturated carbocycles. The maximum absolute atomic E-state index is 13.8. The smallest absolute Gasteiger partial charge is 0.267 e. The van der Waals surface area contributed by atoms with Gasteiger partial charge in [-0.05, 0) is 25.8 Å². The Bertz CT molecular complexity index is 1310. The number of nitriles is 1. The molecule has 3 heterocycles. The van der Waals surface area contributed by atoms with E-state index < -0.39 is 0 Å². The number of aryl methyl sites for hydroxylation is 1. The number of imidazole rings is 1. The number of aromatic nitrogens is 3. The molecule has 3 aromatic rings. The lowest BCUT2D eigenvalue weighted by atomic mass is 9.96. The van der Waals surface area contributed by atoms with Crippen molar-refractivity contribution in [3.05, 3.63) is 57.9 Å². The largest absolute Gasteiger partial charge is 0.496 e. The highest BCUT2D eigenvalue weighted by Gasteiger charge is 2.37. The van der Waals surface area contributed by atoms with Gasteiger partial charge >= 0.3 is 0 Å². The highest BCUT2D eigenvalue weighted by Crippen LogP contribution is 2.36. The van der Waals surface area contributed by atoms with Crippen molar-refractivity contribution in [2.75, 3.05) is 25.1 Å². The molecule has 2 aromatic heterocycles. The summed E-state index contributed by atoms with van der Waals surface area (Å²) in [6.07, 6.45) is 3.75. The summed E-state index contributed by atoms with van der Waals surface area (Å²) in [5, 5.41) is 9.15. The minimum atomic E-state index is -0.314. The fourth-order valence-corrected chi connectivity index (χ4v) is 5.24. The Kier molecular flexibility index (Phi) is 7.13. The van der Waals surface area contributed by atoms with Gasteiger partial charge in [0.25, 0.3) is 5.56 Å². The number of rotatable bonds is 7. The van der Waals surface area contributed by atoms with E-state index in [4.69, 9.17) is 15.0 Å². The van der Waals surface area contributed by atoms with Gasteiger partial charge in [0.1, 0.15) is 11.6 Å². The molecule has 0 spiro atoms. The molecule has 0 aliphatic carbocycles. The summed E-state index contributed by atoms with van der Waals surface area (Å²) in [6.45, 7) is 7.96. The summed E-state index contributed by atoms with van der Waals surface area (Å²) in [6, 6.07) is 8.93. The summed E-state index contributed by atoms with van der Waals surface area (Å²) in [7, 11) is 3.28. The van der Waals surface area contributed by atoms with Crippen molar-refractivity contribution >= 4 is 11.3 Å². The lowest BCUT2D eigenvalue weighted by Gasteiger charge is -2.49. The second-order valence-electron chi connectivity index (χ2n) is 9.16. The molecule has 186 valence electrons. The van der Waals surface area contributed by atoms with Gasteiger partial charge in [-0.2, -0.15) is 5.26 Å². The molecule has 3 atom stereocenters. The van der Waals surface area contributed by atoms with Crippen LogP contribution in [0.15, 0.2) is 35.3 Å². The Balaban J connectivity index is 1.73. The number of hydrogen-bond donors (Lipinski definition) is 0. The lowest BCUT2D eigenvalue weighted by molar-refractivity contribution is 0.0997. The molecule has 1 unspecified atom stereocenters. The number of ether oxygens (including phenoxy) is 1. The maximum Gasteiger partial charge on any atom is 0.267 e. The molecule has 4 rings (SSSR count). The van der Waals surface area contributed by atoms with Gasteiger partial charge in [0.05, 0.1) is 37.2 Å². The Labute approximate surface area is 205 Å². The zero-order valence-corrected chi connectivity index (χ0v) is 21.0. The van der Waals surface area contributed by atoms with Crippen molar-refractivity contribution in [3.63, 3.8) is 0 Å². The third-order valence-corrected chi connectivity index (χ3v) is 7.26. The summed E-state index contributed by atoms with van der Waals surface area (Å²) in [5.41, 5.74) is 2.97. The fraction of sp³-hybridized carbons (Fsp3) is 0.500. The fourth-order valence-electron chi connectivity index (χ4n) is 5.24. The molecule has 1 aliphatic heterocycles. The summed E-state index contributed by atoms with van der Waals surface area (Å²) >= 11 is 0. The van der Waals surface area contributed by atoms with Crippen LogP contribution in [0.2, 0.25) is 0 Å². The number of methoxy groups -OCH3 is 1. The van der Waals surface area contributed by atoms with E-state index in [-0.39, 0.29) is 35.9 Å². The molecule has 1 aliphatic rings. The number of fused-ring (bicyclic) bond motifs is 1. The van der Waals surface area contributed by atoms with Crippen molar-refractivity contribution in [2.45, 2.75) is 58.2 Å². The Morgan fingerprint density at radius 3 is 2.63 bits per heavy atom. The first-order valence-corrected chi connectivity index (χ1v) is 12.1. The predicted octanol–water partition coefficient (Wildman–Crippen LogP) is 3.69. The molecule has 35 heavy (non-hydrogen) atoms. The third-order valence-electron chi connectivity index (χ3n) is 7.26. The number of hydrogen-bond acceptors (Lipinski definition) is 6. The van der Waals surface area contributed by atoms with Gasteiger partial charge in [-0.1, -0.05) is 19.9 Å². The van der Waals surface area contributed by atoms with Crippen LogP contribution in [0, 0.1) is 17.1 Å². The van der Waals surface area contributed by atoms with Crippen LogP contribution in [-0.2, 0) is 13.5 Å². The van der Waals surface area contributed by atoms with Crippen LogP contribution in [0.3, 0.4) is 0 Å². The van der Waals surface area contributed by atoms with Gasteiger partial charge in [-0.25, -0.2) is 18.6 Å². The second kappa shape index (κ2) is 10.1. The number of halogens is 1. The van der Waals surface area contributed by atoms with Gasteiger partial charge in [-0.3, -0.25) is 9.69 Å². The van der Waals surface area contributed by atoms with Gasteiger partial charge in [0.2, 0.25) is 0 Å². The first-order chi connectivity index (χ1) is 16.8. The molecule has 9 heteroatoms. The zero-order valence-electron chi connectivity index (χ0n) is 21.0. The third kappa shape index (κ3) is 4.50. The van der Waals surface area contributed by atoms with E-state index in [1.807, 2.05) is 6.07 Å². The number of piperazine rings is 1. The van der Waals surface area contributed by atoms with E-state index in [9.17, 15) is 9.18 Å². The molecular formula is C26H33FN6O2. The van der Waals surface area contributed by atoms with Crippen LogP contribution < -0.4 is 15.2 Å². The summed E-state index contributed by atoms with van der Waals surface area (Å²) in [4.78, 5) is 22.3. The summed E-state index contributed by atoms with van der Waals surface area (Å²) in [5.74, 6) is 0.240. The predicted molar refractivity (Wildman–Crippen MR) is 133 cm³/mol. The molecule has 1 fully saturated rings. The second-order valence-corrected chi connectivity index (χ2v) is 9.16. The average Bonchev–Trinajstić information content (AvgIpc) is 3.29. The van der Waals surface area contributed by atoms with Crippen molar-refractivity contribution in [2.24, 2.45) is 7.05 Å². The SMILES string of the molecule is CC[C@H]1CN(C(C)c2ccc(F)cc2OC)[C@H](CC)CN1c1cc(=O)n(C)n2cc(CC#N)nc12. The molecule has 0 amide bonds. The van der Waals surface area contributed by atoms with E-state index in [0.29, 0.717) is 17.1 Å². The number of nitrogens with zero attached hydrogens (tertiary/aromatic N) is 6. The molecule has 1 aromatic carbocycles. The minimum Gasteiger partial charge on any atom is -0.496 e. The van der Waals surface area contributed by atoms with Crippen molar-refractivity contribution in [1.82, 2.24) is 19.1 Å². The zero-order chi connectivity index (χ0) is 25.3. The quantitative estimate of drug-likeness (QED) is 0.513. The van der Waals surface area contributed by atoms with Crippen LogP contribution in [0.1, 0.15) is 50.9 Å². The standard InChI is InChI=1S/C26H33FN6O2/c1-6-20-16-32(23-13-25(34)30(4)33-14-19(10-11-28)29-26(23)33)21(7-2)15-31(20)17(3)22-9-8-18(27)12-24(22)35-5/h8-9,12-14,17,20-21H,6-7,10,15-16H2,1-5H3/t17?,20-,21+/m1/s1. The van der Waals surface area contributed by atoms with E-state index >= 15 is 0 Å². The number of benzene rings is 1. The van der Waals surface area contributed by atoms with E-state index in [0.717, 1.165) is 37.2 Å². The van der Waals surface area contributed by atoms with E-state index in [2.05, 4.69) is 36.6 Å². The Hall–Kier alpha value is -3.38. The average molecular weight is 481 g/mol. The highest BCUT2D eigenvalue weighted by molar-refractivity contribution is 5.69. The molecule has 0 radical (unpaired) electrons. The lowest BCUT2D eigenvalue weighted by Crippen LogP contribution is -2.59. The molecular weight excluding hydrogens is 447 g/mol. The van der Waals surface area contributed by atoms with Gasteiger partial charge < -0.3 is 9.64 Å². The number of anilines is 1. The van der Waals surface area contributed by atoms with Gasteiger partial charge in [-0.15, -0.1) is 0 Å². The first-order valence-electron chi connectivity index (χ1n) is 12.1.